The summed E-state index contributed by atoms with van der Waals surface area (Å²) in [5, 5.41) is 10.1. The molecule has 1 saturated carbocycles. The van der Waals surface area contributed by atoms with Crippen LogP contribution in [-0.4, -0.2) is 20.3 Å². The second kappa shape index (κ2) is 7.08. The Morgan fingerprint density at radius 1 is 1.03 bits per heavy atom. The molecule has 0 amide bonds. The number of nitrogens with zero attached hydrogens (tertiary/aromatic N) is 2. The zero-order valence-corrected chi connectivity index (χ0v) is 18.0. The van der Waals surface area contributed by atoms with Gasteiger partial charge < -0.3 is 15.4 Å². The molecule has 1 fully saturated rings. The Bertz CT molecular complexity index is 1400. The number of hydrogen-bond donors (Lipinski definition) is 2. The predicted octanol–water partition coefficient (Wildman–Crippen LogP) is 4.11. The molecule has 0 aliphatic heterocycles. The van der Waals surface area contributed by atoms with E-state index in [2.05, 4.69) is 0 Å². The Balaban J connectivity index is 1.68. The molecule has 0 atom stereocenters. The normalized spacial score (nSPS) is 22.7. The summed E-state index contributed by atoms with van der Waals surface area (Å²) in [6, 6.07) is 19.3. The number of aliphatic hydroxyl groups is 1. The van der Waals surface area contributed by atoms with Crippen LogP contribution in [0, 0.1) is 5.82 Å². The van der Waals surface area contributed by atoms with Gasteiger partial charge in [-0.05, 0) is 43.5 Å². The molecule has 2 aromatic carbocycles. The summed E-state index contributed by atoms with van der Waals surface area (Å²) < 4.78 is 16.3. The van der Waals surface area contributed by atoms with Crippen LogP contribution in [-0.2, 0) is 12.6 Å². The zero-order chi connectivity index (χ0) is 22.7. The van der Waals surface area contributed by atoms with Crippen LogP contribution < -0.4 is 11.3 Å². The third-order valence-corrected chi connectivity index (χ3v) is 6.40. The molecule has 32 heavy (non-hydrogen) atoms. The average Bonchev–Trinajstić information content (AvgIpc) is 2.75. The molecule has 1 aliphatic rings. The lowest BCUT2D eigenvalue weighted by Gasteiger charge is -2.49. The predicted molar refractivity (Wildman–Crippen MR) is 124 cm³/mol. The molecule has 5 rings (SSSR count). The highest BCUT2D eigenvalue weighted by atomic mass is 19.1. The highest BCUT2D eigenvalue weighted by Crippen LogP contribution is 2.46. The fraction of sp³-hybridized carbons (Fsp3) is 0.231. The number of pyridine rings is 2. The van der Waals surface area contributed by atoms with Crippen LogP contribution in [0.2, 0.25) is 0 Å². The van der Waals surface area contributed by atoms with Gasteiger partial charge in [0.05, 0.1) is 22.3 Å². The molecule has 0 spiro atoms. The Morgan fingerprint density at radius 3 is 2.38 bits per heavy atom. The van der Waals surface area contributed by atoms with Crippen molar-refractivity contribution < 1.29 is 9.50 Å². The topological polar surface area (TPSA) is 81.1 Å². The molecule has 162 valence electrons. The summed E-state index contributed by atoms with van der Waals surface area (Å²) in [6.07, 6.45) is 1.00. The van der Waals surface area contributed by atoms with Gasteiger partial charge in [-0.2, -0.15) is 0 Å². The van der Waals surface area contributed by atoms with Crippen LogP contribution in [0.3, 0.4) is 0 Å². The van der Waals surface area contributed by atoms with Crippen molar-refractivity contribution in [1.29, 1.82) is 0 Å². The van der Waals surface area contributed by atoms with E-state index in [0.29, 0.717) is 40.7 Å². The van der Waals surface area contributed by atoms with E-state index in [0.717, 1.165) is 11.1 Å². The van der Waals surface area contributed by atoms with Gasteiger partial charge in [-0.1, -0.05) is 42.5 Å². The van der Waals surface area contributed by atoms with Crippen molar-refractivity contribution in [1.82, 2.24) is 9.55 Å². The maximum absolute atomic E-state index is 14.8. The lowest BCUT2D eigenvalue weighted by atomic mass is 9.63. The molecule has 0 bridgehead atoms. The molecular formula is C26H24FN3O2. The van der Waals surface area contributed by atoms with Crippen molar-refractivity contribution in [2.75, 3.05) is 0 Å². The van der Waals surface area contributed by atoms with Gasteiger partial charge in [0.25, 0.3) is 5.56 Å². The van der Waals surface area contributed by atoms with Crippen LogP contribution in [0.15, 0.2) is 71.5 Å². The Kier molecular flexibility index (Phi) is 4.55. The van der Waals surface area contributed by atoms with E-state index in [-0.39, 0.29) is 11.4 Å². The van der Waals surface area contributed by atoms with Crippen molar-refractivity contribution in [3.05, 3.63) is 88.5 Å². The highest BCUT2D eigenvalue weighted by molar-refractivity contribution is 5.90. The quantitative estimate of drug-likeness (QED) is 0.514. The number of fused-ring (bicyclic) bond motifs is 1. The summed E-state index contributed by atoms with van der Waals surface area (Å²) in [6.45, 7) is 1.79. The first-order valence-corrected chi connectivity index (χ1v) is 10.5. The molecule has 2 aromatic heterocycles. The van der Waals surface area contributed by atoms with Gasteiger partial charge in [-0.3, -0.25) is 4.79 Å². The van der Waals surface area contributed by atoms with E-state index in [1.807, 2.05) is 30.3 Å². The van der Waals surface area contributed by atoms with E-state index in [1.165, 1.54) is 16.7 Å². The Morgan fingerprint density at radius 2 is 1.72 bits per heavy atom. The Labute approximate surface area is 185 Å². The van der Waals surface area contributed by atoms with Crippen molar-refractivity contribution in [3.8, 4) is 22.4 Å². The largest absolute Gasteiger partial charge is 0.390 e. The standard InChI is InChI=1S/C26H24FN3O2/c1-25(32)14-26(28,15-25)17-9-7-16(8-10-17)24-19(18-5-3-4-6-20(18)27)13-22-21(29-24)11-12-23(31)30(22)2/h3-13,32H,14-15,28H2,1-2H3/t25-,26-. The molecule has 1 aliphatic carbocycles. The number of nitrogens with two attached hydrogens (primary N) is 1. The third-order valence-electron chi connectivity index (χ3n) is 6.40. The Hall–Kier alpha value is -3.35. The molecule has 0 unspecified atom stereocenters. The van der Waals surface area contributed by atoms with Crippen molar-refractivity contribution in [3.63, 3.8) is 0 Å². The molecule has 3 N–H and O–H groups in total. The molecule has 4 aromatic rings. The van der Waals surface area contributed by atoms with Gasteiger partial charge in [0.2, 0.25) is 0 Å². The number of rotatable bonds is 3. The molecular weight excluding hydrogens is 405 g/mol. The lowest BCUT2D eigenvalue weighted by molar-refractivity contribution is -0.0738. The van der Waals surface area contributed by atoms with Gasteiger partial charge in [0.15, 0.2) is 0 Å². The SMILES string of the molecule is Cn1c(=O)ccc2nc(-c3ccc([C@]4(N)C[C@](C)(O)C4)cc3)c(-c3ccccc3F)cc21. The number of aryl methyl sites for hydroxylation is 1. The second-order valence-corrected chi connectivity index (χ2v) is 9.08. The first-order chi connectivity index (χ1) is 15.2. The van der Waals surface area contributed by atoms with E-state index < -0.39 is 11.1 Å². The molecule has 2 heterocycles. The van der Waals surface area contributed by atoms with Crippen LogP contribution >= 0.6 is 0 Å². The average molecular weight is 429 g/mol. The van der Waals surface area contributed by atoms with Gasteiger partial charge in [-0.25, -0.2) is 9.37 Å². The number of halogens is 1. The minimum Gasteiger partial charge on any atom is -0.390 e. The van der Waals surface area contributed by atoms with Gasteiger partial charge in [0.1, 0.15) is 5.82 Å². The molecule has 6 heteroatoms. The minimum atomic E-state index is -0.735. The maximum Gasteiger partial charge on any atom is 0.250 e. The molecule has 0 radical (unpaired) electrons. The molecule has 0 saturated heterocycles. The fourth-order valence-electron chi connectivity index (χ4n) is 4.87. The number of benzene rings is 2. The van der Waals surface area contributed by atoms with E-state index in [1.54, 1.807) is 38.2 Å². The zero-order valence-electron chi connectivity index (χ0n) is 18.0. The smallest absolute Gasteiger partial charge is 0.250 e. The first kappa shape index (κ1) is 20.5. The summed E-state index contributed by atoms with van der Waals surface area (Å²) >= 11 is 0. The number of aromatic nitrogens is 2. The van der Waals surface area contributed by atoms with Crippen LogP contribution in [0.25, 0.3) is 33.4 Å². The molecule has 5 nitrogen and oxygen atoms in total. The third kappa shape index (κ3) is 3.32. The number of hydrogen-bond acceptors (Lipinski definition) is 4. The van der Waals surface area contributed by atoms with Crippen molar-refractivity contribution in [2.24, 2.45) is 12.8 Å². The summed E-state index contributed by atoms with van der Waals surface area (Å²) in [7, 11) is 1.68. The van der Waals surface area contributed by atoms with Crippen LogP contribution in [0.5, 0.6) is 0 Å². The first-order valence-electron chi connectivity index (χ1n) is 10.5. The maximum atomic E-state index is 14.8. The van der Waals surface area contributed by atoms with Crippen LogP contribution in [0.4, 0.5) is 4.39 Å². The van der Waals surface area contributed by atoms with E-state index in [9.17, 15) is 14.3 Å². The summed E-state index contributed by atoms with van der Waals surface area (Å²) in [4.78, 5) is 17.0. The monoisotopic (exact) mass is 429 g/mol. The van der Waals surface area contributed by atoms with Crippen molar-refractivity contribution >= 4 is 11.0 Å². The summed E-state index contributed by atoms with van der Waals surface area (Å²) in [5.41, 5.74) is 9.74. The van der Waals surface area contributed by atoms with Crippen LogP contribution in [0.1, 0.15) is 25.3 Å². The minimum absolute atomic E-state index is 0.152. The van der Waals surface area contributed by atoms with Gasteiger partial charge >= 0.3 is 0 Å². The van der Waals surface area contributed by atoms with E-state index in [4.69, 9.17) is 10.7 Å². The van der Waals surface area contributed by atoms with Gasteiger partial charge in [0, 0.05) is 35.3 Å². The highest BCUT2D eigenvalue weighted by Gasteiger charge is 2.49. The summed E-state index contributed by atoms with van der Waals surface area (Å²) in [5.74, 6) is -0.356. The van der Waals surface area contributed by atoms with E-state index >= 15 is 0 Å². The lowest BCUT2D eigenvalue weighted by Crippen LogP contribution is -2.58. The fourth-order valence-corrected chi connectivity index (χ4v) is 4.87. The second-order valence-electron chi connectivity index (χ2n) is 9.08. The van der Waals surface area contributed by atoms with Gasteiger partial charge in [-0.15, -0.1) is 0 Å². The van der Waals surface area contributed by atoms with Crippen molar-refractivity contribution in [2.45, 2.75) is 30.9 Å².